The third kappa shape index (κ3) is 2.18. The summed E-state index contributed by atoms with van der Waals surface area (Å²) in [5.74, 6) is 0.128. The Morgan fingerprint density at radius 3 is 2.77 bits per heavy atom. The quantitative estimate of drug-likeness (QED) is 0.691. The average Bonchev–Trinajstić information content (AvgIpc) is 2.54. The summed E-state index contributed by atoms with van der Waals surface area (Å²) in [5, 5.41) is 0. The fourth-order valence-corrected chi connectivity index (χ4v) is 1.31. The minimum Gasteiger partial charge on any atom is -0.359 e. The van der Waals surface area contributed by atoms with Crippen molar-refractivity contribution in [1.82, 2.24) is 4.98 Å². The van der Waals surface area contributed by atoms with Gasteiger partial charge in [-0.1, -0.05) is 13.8 Å². The maximum atomic E-state index is 11.8. The second kappa shape index (κ2) is 3.75. The Balaban J connectivity index is 2.78. The maximum Gasteiger partial charge on any atom is 0.184 e. The van der Waals surface area contributed by atoms with Crippen LogP contribution in [-0.2, 0) is 0 Å². The molecule has 0 unspecified atom stereocenters. The smallest absolute Gasteiger partial charge is 0.184 e. The molecule has 0 amide bonds. The van der Waals surface area contributed by atoms with Crippen molar-refractivity contribution in [1.29, 1.82) is 0 Å². The molecular weight excluding hydrogens is 164 g/mol. The van der Waals surface area contributed by atoms with Gasteiger partial charge in [-0.3, -0.25) is 4.79 Å². The van der Waals surface area contributed by atoms with E-state index >= 15 is 0 Å². The number of hydrogen-bond donors (Lipinski definition) is 2. The Morgan fingerprint density at radius 1 is 1.62 bits per heavy atom. The molecule has 3 nitrogen and oxygen atoms in total. The number of nitrogens with one attached hydrogen (secondary N) is 1. The summed E-state index contributed by atoms with van der Waals surface area (Å²) >= 11 is 0. The number of hydrogen-bond acceptors (Lipinski definition) is 2. The second-order valence-corrected chi connectivity index (χ2v) is 3.84. The minimum atomic E-state index is -0.362. The van der Waals surface area contributed by atoms with E-state index in [0.717, 1.165) is 0 Å². The largest absolute Gasteiger partial charge is 0.359 e. The van der Waals surface area contributed by atoms with Crippen molar-refractivity contribution < 1.29 is 4.79 Å². The first-order valence-corrected chi connectivity index (χ1v) is 4.46. The molecule has 0 aliphatic carbocycles. The van der Waals surface area contributed by atoms with Gasteiger partial charge < -0.3 is 10.7 Å². The third-order valence-corrected chi connectivity index (χ3v) is 2.23. The second-order valence-electron chi connectivity index (χ2n) is 3.84. The van der Waals surface area contributed by atoms with Gasteiger partial charge in [-0.15, -0.1) is 0 Å². The van der Waals surface area contributed by atoms with Crippen LogP contribution in [0.5, 0.6) is 0 Å². The summed E-state index contributed by atoms with van der Waals surface area (Å²) < 4.78 is 0. The van der Waals surface area contributed by atoms with Gasteiger partial charge in [-0.25, -0.2) is 0 Å². The number of carbonyl (C=O) groups excluding carboxylic acids is 1. The van der Waals surface area contributed by atoms with Gasteiger partial charge in [0.2, 0.25) is 0 Å². The lowest BCUT2D eigenvalue weighted by atomic mass is 9.83. The average molecular weight is 180 g/mol. The van der Waals surface area contributed by atoms with Crippen molar-refractivity contribution in [3.8, 4) is 0 Å². The molecule has 0 atom stereocenters. The normalized spacial score (nSPS) is 11.6. The van der Waals surface area contributed by atoms with Crippen LogP contribution in [0.1, 0.15) is 30.8 Å². The first kappa shape index (κ1) is 9.99. The highest BCUT2D eigenvalue weighted by atomic mass is 16.1. The molecule has 3 heteroatoms. The fraction of sp³-hybridized carbons (Fsp3) is 0.500. The topological polar surface area (TPSA) is 58.9 Å². The van der Waals surface area contributed by atoms with Gasteiger partial charge in [0.25, 0.3) is 0 Å². The van der Waals surface area contributed by atoms with Gasteiger partial charge in [0.1, 0.15) is 0 Å². The number of nitrogens with two attached hydrogens (primary N) is 1. The zero-order valence-corrected chi connectivity index (χ0v) is 8.13. The molecule has 1 heterocycles. The first-order chi connectivity index (χ1) is 6.08. The van der Waals surface area contributed by atoms with E-state index in [0.29, 0.717) is 18.7 Å². The van der Waals surface area contributed by atoms with Crippen LogP contribution in [0.2, 0.25) is 0 Å². The van der Waals surface area contributed by atoms with Crippen LogP contribution in [0.3, 0.4) is 0 Å². The minimum absolute atomic E-state index is 0.128. The summed E-state index contributed by atoms with van der Waals surface area (Å²) in [6, 6.07) is 3.62. The highest BCUT2D eigenvalue weighted by Gasteiger charge is 2.27. The molecule has 1 aromatic rings. The zero-order valence-electron chi connectivity index (χ0n) is 8.13. The molecule has 0 spiro atoms. The lowest BCUT2D eigenvalue weighted by Gasteiger charge is -2.21. The van der Waals surface area contributed by atoms with E-state index < -0.39 is 0 Å². The Kier molecular flexibility index (Phi) is 2.88. The van der Waals surface area contributed by atoms with Crippen molar-refractivity contribution in [2.45, 2.75) is 20.3 Å². The number of ketones is 1. The third-order valence-electron chi connectivity index (χ3n) is 2.23. The van der Waals surface area contributed by atoms with Crippen LogP contribution < -0.4 is 5.73 Å². The van der Waals surface area contributed by atoms with Crippen LogP contribution >= 0.6 is 0 Å². The van der Waals surface area contributed by atoms with Crippen molar-refractivity contribution in [3.05, 3.63) is 24.0 Å². The molecule has 0 saturated carbocycles. The standard InChI is InChI=1S/C10H16N2O/c1-10(2,5-6-11)9(13)8-4-3-7-12-8/h3-4,7,12H,5-6,11H2,1-2H3. The van der Waals surface area contributed by atoms with E-state index in [1.165, 1.54) is 0 Å². The molecule has 72 valence electrons. The molecule has 0 radical (unpaired) electrons. The Bertz CT molecular complexity index is 275. The molecule has 0 saturated heterocycles. The molecule has 1 aromatic heterocycles. The van der Waals surface area contributed by atoms with Crippen molar-refractivity contribution in [2.24, 2.45) is 11.1 Å². The number of aromatic amines is 1. The molecule has 0 aliphatic rings. The van der Waals surface area contributed by atoms with Gasteiger partial charge in [0.15, 0.2) is 5.78 Å². The van der Waals surface area contributed by atoms with Crippen molar-refractivity contribution >= 4 is 5.78 Å². The predicted octanol–water partition coefficient (Wildman–Crippen LogP) is 1.57. The number of carbonyl (C=O) groups is 1. The maximum absolute atomic E-state index is 11.8. The molecule has 13 heavy (non-hydrogen) atoms. The van der Waals surface area contributed by atoms with Crippen LogP contribution in [0, 0.1) is 5.41 Å². The monoisotopic (exact) mass is 180 g/mol. The van der Waals surface area contributed by atoms with Crippen molar-refractivity contribution in [2.75, 3.05) is 6.54 Å². The summed E-state index contributed by atoms with van der Waals surface area (Å²) in [6.07, 6.45) is 2.47. The van der Waals surface area contributed by atoms with E-state index in [1.54, 1.807) is 12.3 Å². The lowest BCUT2D eigenvalue weighted by Crippen LogP contribution is -2.27. The lowest BCUT2D eigenvalue weighted by molar-refractivity contribution is 0.0824. The molecule has 0 bridgehead atoms. The highest BCUT2D eigenvalue weighted by Crippen LogP contribution is 2.24. The van der Waals surface area contributed by atoms with Gasteiger partial charge in [0, 0.05) is 11.6 Å². The van der Waals surface area contributed by atoms with E-state index in [9.17, 15) is 4.79 Å². The Morgan fingerprint density at radius 2 is 2.31 bits per heavy atom. The van der Waals surface area contributed by atoms with Crippen LogP contribution in [0.25, 0.3) is 0 Å². The van der Waals surface area contributed by atoms with Crippen LogP contribution in [0.4, 0.5) is 0 Å². The SMILES string of the molecule is CC(C)(CCN)C(=O)c1ccc[nH]1. The number of H-pyrrole nitrogens is 1. The van der Waals surface area contributed by atoms with E-state index in [1.807, 2.05) is 19.9 Å². The van der Waals surface area contributed by atoms with Gasteiger partial charge in [0.05, 0.1) is 5.69 Å². The predicted molar refractivity (Wildman–Crippen MR) is 52.6 cm³/mol. The van der Waals surface area contributed by atoms with Gasteiger partial charge in [-0.05, 0) is 25.1 Å². The van der Waals surface area contributed by atoms with E-state index in [2.05, 4.69) is 4.98 Å². The number of rotatable bonds is 4. The highest BCUT2D eigenvalue weighted by molar-refractivity contribution is 5.98. The van der Waals surface area contributed by atoms with Crippen molar-refractivity contribution in [3.63, 3.8) is 0 Å². The summed E-state index contributed by atoms with van der Waals surface area (Å²) in [5.41, 5.74) is 5.75. The molecule has 0 aliphatic heterocycles. The number of Topliss-reactive ketones (excluding diaryl/α,β-unsaturated/α-hetero) is 1. The molecule has 0 fully saturated rings. The van der Waals surface area contributed by atoms with Gasteiger partial charge in [-0.2, -0.15) is 0 Å². The summed E-state index contributed by atoms with van der Waals surface area (Å²) in [4.78, 5) is 14.7. The Labute approximate surface area is 78.3 Å². The Hall–Kier alpha value is -1.09. The van der Waals surface area contributed by atoms with Crippen LogP contribution in [0.15, 0.2) is 18.3 Å². The zero-order chi connectivity index (χ0) is 9.90. The summed E-state index contributed by atoms with van der Waals surface area (Å²) in [6.45, 7) is 4.38. The molecule has 1 rings (SSSR count). The number of aromatic nitrogens is 1. The molecule has 3 N–H and O–H groups in total. The first-order valence-electron chi connectivity index (χ1n) is 4.46. The summed E-state index contributed by atoms with van der Waals surface area (Å²) in [7, 11) is 0. The van der Waals surface area contributed by atoms with E-state index in [-0.39, 0.29) is 11.2 Å². The molecule has 0 aromatic carbocycles. The van der Waals surface area contributed by atoms with Crippen LogP contribution in [-0.4, -0.2) is 17.3 Å². The van der Waals surface area contributed by atoms with Gasteiger partial charge >= 0.3 is 0 Å². The fourth-order valence-electron chi connectivity index (χ4n) is 1.31. The van der Waals surface area contributed by atoms with E-state index in [4.69, 9.17) is 5.73 Å². The molecular formula is C10H16N2O.